The van der Waals surface area contributed by atoms with Crippen molar-refractivity contribution in [1.82, 2.24) is 4.90 Å². The van der Waals surface area contributed by atoms with Crippen LogP contribution in [0.4, 0.5) is 13.2 Å². The van der Waals surface area contributed by atoms with Crippen LogP contribution >= 0.6 is 0 Å². The van der Waals surface area contributed by atoms with Crippen LogP contribution in [0.1, 0.15) is 24.0 Å². The van der Waals surface area contributed by atoms with E-state index >= 15 is 0 Å². The molecule has 0 N–H and O–H groups in total. The van der Waals surface area contributed by atoms with E-state index in [9.17, 15) is 13.2 Å². The minimum Gasteiger partial charge on any atom is -0.492 e. The molecule has 0 radical (unpaired) electrons. The van der Waals surface area contributed by atoms with Gasteiger partial charge in [0.15, 0.2) is 0 Å². The summed E-state index contributed by atoms with van der Waals surface area (Å²) >= 11 is 0. The molecule has 0 aliphatic carbocycles. The lowest BCUT2D eigenvalue weighted by Crippen LogP contribution is -2.25. The first kappa shape index (κ1) is 14.7. The Kier molecular flexibility index (Phi) is 4.50. The van der Waals surface area contributed by atoms with Gasteiger partial charge in [-0.2, -0.15) is 18.4 Å². The van der Waals surface area contributed by atoms with Crippen molar-refractivity contribution < 1.29 is 17.9 Å². The van der Waals surface area contributed by atoms with Crippen LogP contribution in [-0.4, -0.2) is 31.1 Å². The van der Waals surface area contributed by atoms with Gasteiger partial charge in [0.25, 0.3) is 0 Å². The first-order valence-corrected chi connectivity index (χ1v) is 6.47. The fourth-order valence-corrected chi connectivity index (χ4v) is 2.25. The number of hydrogen-bond donors (Lipinski definition) is 0. The van der Waals surface area contributed by atoms with Crippen molar-refractivity contribution in [3.05, 3.63) is 29.3 Å². The third kappa shape index (κ3) is 3.64. The highest BCUT2D eigenvalue weighted by Crippen LogP contribution is 2.33. The van der Waals surface area contributed by atoms with Gasteiger partial charge in [0, 0.05) is 6.54 Å². The maximum Gasteiger partial charge on any atom is 0.417 e. The molecular formula is C14H15F3N2O. The van der Waals surface area contributed by atoms with Gasteiger partial charge in [-0.25, -0.2) is 0 Å². The smallest absolute Gasteiger partial charge is 0.417 e. The lowest BCUT2D eigenvalue weighted by molar-refractivity contribution is -0.137. The molecule has 0 bridgehead atoms. The van der Waals surface area contributed by atoms with E-state index in [0.29, 0.717) is 12.4 Å². The number of ether oxygens (including phenoxy) is 1. The second-order valence-corrected chi connectivity index (χ2v) is 4.71. The van der Waals surface area contributed by atoms with Crippen LogP contribution in [0.25, 0.3) is 0 Å². The number of benzene rings is 1. The normalized spacial score (nSPS) is 16.1. The highest BCUT2D eigenvalue weighted by Gasteiger charge is 2.33. The Balaban J connectivity index is 1.97. The molecule has 0 unspecified atom stereocenters. The van der Waals surface area contributed by atoms with Crippen molar-refractivity contribution in [3.63, 3.8) is 0 Å². The van der Waals surface area contributed by atoms with Crippen molar-refractivity contribution in [3.8, 4) is 11.8 Å². The van der Waals surface area contributed by atoms with Crippen LogP contribution in [0.5, 0.6) is 5.75 Å². The van der Waals surface area contributed by atoms with Crippen LogP contribution in [0.2, 0.25) is 0 Å². The highest BCUT2D eigenvalue weighted by molar-refractivity contribution is 5.44. The fraction of sp³-hybridized carbons (Fsp3) is 0.500. The lowest BCUT2D eigenvalue weighted by atomic mass is 10.1. The van der Waals surface area contributed by atoms with E-state index in [-0.39, 0.29) is 0 Å². The Morgan fingerprint density at radius 2 is 1.95 bits per heavy atom. The van der Waals surface area contributed by atoms with E-state index in [1.165, 1.54) is 18.9 Å². The molecule has 0 spiro atoms. The molecule has 0 aromatic heterocycles. The predicted molar refractivity (Wildman–Crippen MR) is 67.3 cm³/mol. The quantitative estimate of drug-likeness (QED) is 0.852. The van der Waals surface area contributed by atoms with E-state index < -0.39 is 17.3 Å². The number of halogens is 3. The number of alkyl halides is 3. The molecule has 6 heteroatoms. The van der Waals surface area contributed by atoms with Gasteiger partial charge >= 0.3 is 6.18 Å². The number of hydrogen-bond acceptors (Lipinski definition) is 3. The Labute approximate surface area is 115 Å². The van der Waals surface area contributed by atoms with Gasteiger partial charge in [-0.3, -0.25) is 4.90 Å². The summed E-state index contributed by atoms with van der Waals surface area (Å²) in [6.07, 6.45) is -2.16. The van der Waals surface area contributed by atoms with Crippen LogP contribution in [0.3, 0.4) is 0 Å². The molecule has 0 saturated carbocycles. The summed E-state index contributed by atoms with van der Waals surface area (Å²) in [5, 5.41) is 8.79. The Bertz CT molecular complexity index is 502. The monoisotopic (exact) mass is 284 g/mol. The van der Waals surface area contributed by atoms with Gasteiger partial charge in [0.2, 0.25) is 0 Å². The zero-order chi connectivity index (χ0) is 14.6. The van der Waals surface area contributed by atoms with Gasteiger partial charge in [-0.1, -0.05) is 0 Å². The van der Waals surface area contributed by atoms with Crippen LogP contribution in [-0.2, 0) is 6.18 Å². The lowest BCUT2D eigenvalue weighted by Gasteiger charge is -2.15. The van der Waals surface area contributed by atoms with E-state index in [1.54, 1.807) is 6.07 Å². The summed E-state index contributed by atoms with van der Waals surface area (Å²) in [6.45, 7) is 3.25. The largest absolute Gasteiger partial charge is 0.492 e. The molecule has 3 nitrogen and oxygen atoms in total. The van der Waals surface area contributed by atoms with Gasteiger partial charge < -0.3 is 4.74 Å². The summed E-state index contributed by atoms with van der Waals surface area (Å²) in [5.74, 6) is 0.300. The topological polar surface area (TPSA) is 36.3 Å². The standard InChI is InChI=1S/C14H15F3N2O/c15-14(16,17)13-4-3-12(9-11(13)10-18)20-8-7-19-5-1-2-6-19/h3-4,9H,1-2,5-8H2. The molecule has 1 heterocycles. The third-order valence-corrected chi connectivity index (χ3v) is 3.29. The first-order chi connectivity index (χ1) is 9.50. The summed E-state index contributed by atoms with van der Waals surface area (Å²) in [5.41, 5.74) is -1.33. The molecule has 1 saturated heterocycles. The number of likely N-dealkylation sites (tertiary alicyclic amines) is 1. The Hall–Kier alpha value is -1.74. The molecule has 108 valence electrons. The number of nitrogens with zero attached hydrogens (tertiary/aromatic N) is 2. The minimum atomic E-state index is -4.51. The molecule has 1 aromatic rings. The molecule has 0 atom stereocenters. The van der Waals surface area contributed by atoms with E-state index in [1.807, 2.05) is 0 Å². The molecule has 1 aliphatic heterocycles. The van der Waals surface area contributed by atoms with Gasteiger partial charge in [0.05, 0.1) is 17.2 Å². The van der Waals surface area contributed by atoms with Crippen molar-refractivity contribution in [1.29, 1.82) is 5.26 Å². The maximum atomic E-state index is 12.6. The van der Waals surface area contributed by atoms with E-state index in [2.05, 4.69) is 4.90 Å². The first-order valence-electron chi connectivity index (χ1n) is 6.47. The van der Waals surface area contributed by atoms with Gasteiger partial charge in [0.1, 0.15) is 12.4 Å². The Morgan fingerprint density at radius 3 is 2.55 bits per heavy atom. The summed E-state index contributed by atoms with van der Waals surface area (Å²) < 4.78 is 43.3. The fourth-order valence-electron chi connectivity index (χ4n) is 2.25. The van der Waals surface area contributed by atoms with Gasteiger partial charge in [-0.05, 0) is 44.1 Å². The highest BCUT2D eigenvalue weighted by atomic mass is 19.4. The van der Waals surface area contributed by atoms with Crippen molar-refractivity contribution in [2.75, 3.05) is 26.2 Å². The number of rotatable bonds is 4. The molecule has 0 amide bonds. The summed E-state index contributed by atoms with van der Waals surface area (Å²) in [6, 6.07) is 4.86. The van der Waals surface area contributed by atoms with E-state index in [0.717, 1.165) is 31.8 Å². The minimum absolute atomic E-state index is 0.300. The maximum absolute atomic E-state index is 12.6. The number of nitriles is 1. The van der Waals surface area contributed by atoms with Crippen LogP contribution < -0.4 is 4.74 Å². The zero-order valence-electron chi connectivity index (χ0n) is 10.9. The third-order valence-electron chi connectivity index (χ3n) is 3.29. The average molecular weight is 284 g/mol. The van der Waals surface area contributed by atoms with Crippen LogP contribution in [0, 0.1) is 11.3 Å². The molecule has 1 fully saturated rings. The van der Waals surface area contributed by atoms with Gasteiger partial charge in [-0.15, -0.1) is 0 Å². The predicted octanol–water partition coefficient (Wildman–Crippen LogP) is 3.05. The van der Waals surface area contributed by atoms with Crippen molar-refractivity contribution >= 4 is 0 Å². The summed E-state index contributed by atoms with van der Waals surface area (Å²) in [4.78, 5) is 2.25. The second kappa shape index (κ2) is 6.14. The SMILES string of the molecule is N#Cc1cc(OCCN2CCCC2)ccc1C(F)(F)F. The average Bonchev–Trinajstić information content (AvgIpc) is 2.90. The molecule has 1 aromatic carbocycles. The second-order valence-electron chi connectivity index (χ2n) is 4.71. The van der Waals surface area contributed by atoms with Crippen molar-refractivity contribution in [2.24, 2.45) is 0 Å². The summed E-state index contributed by atoms with van der Waals surface area (Å²) in [7, 11) is 0. The van der Waals surface area contributed by atoms with Crippen molar-refractivity contribution in [2.45, 2.75) is 19.0 Å². The Morgan fingerprint density at radius 1 is 1.25 bits per heavy atom. The van der Waals surface area contributed by atoms with E-state index in [4.69, 9.17) is 10.00 Å². The molecule has 2 rings (SSSR count). The molecular weight excluding hydrogens is 269 g/mol. The molecule has 1 aliphatic rings. The molecule has 20 heavy (non-hydrogen) atoms. The zero-order valence-corrected chi connectivity index (χ0v) is 10.9. The van der Waals surface area contributed by atoms with Crippen LogP contribution in [0.15, 0.2) is 18.2 Å².